The number of nitrogens with one attached hydrogen (secondary N) is 1. The van der Waals surface area contributed by atoms with E-state index in [4.69, 9.17) is 4.74 Å². The molecule has 0 saturated carbocycles. The number of nitrogens with zero attached hydrogens (tertiary/aromatic N) is 2. The number of fused-ring (bicyclic) bond motifs is 3. The quantitative estimate of drug-likeness (QED) is 0.762. The maximum absolute atomic E-state index is 13.8. The Balaban J connectivity index is 1.69. The van der Waals surface area contributed by atoms with Crippen LogP contribution >= 0.6 is 0 Å². The van der Waals surface area contributed by atoms with Gasteiger partial charge in [-0.2, -0.15) is 0 Å². The number of halogens is 2. The molecule has 31 heavy (non-hydrogen) atoms. The van der Waals surface area contributed by atoms with E-state index >= 15 is 0 Å². The molecule has 2 aliphatic heterocycles. The summed E-state index contributed by atoms with van der Waals surface area (Å²) in [6, 6.07) is 2.07. The first-order valence-corrected chi connectivity index (χ1v) is 9.81. The number of benzene rings is 1. The van der Waals surface area contributed by atoms with Crippen LogP contribution in [-0.2, 0) is 11.3 Å². The normalized spacial score (nSPS) is 20.0. The zero-order valence-corrected chi connectivity index (χ0v) is 16.9. The first-order chi connectivity index (χ1) is 14.7. The van der Waals surface area contributed by atoms with Crippen molar-refractivity contribution in [3.8, 4) is 5.75 Å². The van der Waals surface area contributed by atoms with Crippen LogP contribution < -0.4 is 10.7 Å². The highest BCUT2D eigenvalue weighted by atomic mass is 19.1. The largest absolute Gasteiger partial charge is 0.503 e. The Morgan fingerprint density at radius 2 is 1.97 bits per heavy atom. The van der Waals surface area contributed by atoms with Crippen LogP contribution in [0.2, 0.25) is 0 Å². The average Bonchev–Trinajstić information content (AvgIpc) is 3.18. The third-order valence-corrected chi connectivity index (χ3v) is 5.64. The second-order valence-corrected chi connectivity index (χ2v) is 7.87. The molecule has 2 atom stereocenters. The summed E-state index contributed by atoms with van der Waals surface area (Å²) in [7, 11) is 0. The second kappa shape index (κ2) is 7.77. The molecule has 164 valence electrons. The van der Waals surface area contributed by atoms with Crippen molar-refractivity contribution in [3.05, 3.63) is 63.1 Å². The van der Waals surface area contributed by atoms with Gasteiger partial charge >= 0.3 is 0 Å². The lowest BCUT2D eigenvalue weighted by molar-refractivity contribution is 0.0470. The van der Waals surface area contributed by atoms with E-state index in [0.29, 0.717) is 12.7 Å². The highest BCUT2D eigenvalue weighted by molar-refractivity contribution is 5.99. The van der Waals surface area contributed by atoms with E-state index < -0.39 is 34.6 Å². The Bertz CT molecular complexity index is 1130. The van der Waals surface area contributed by atoms with E-state index in [1.165, 1.54) is 16.8 Å². The van der Waals surface area contributed by atoms with Crippen molar-refractivity contribution in [1.29, 1.82) is 0 Å². The summed E-state index contributed by atoms with van der Waals surface area (Å²) in [6.07, 6.45) is 1.23. The van der Waals surface area contributed by atoms with Crippen LogP contribution in [0.4, 0.5) is 8.78 Å². The van der Waals surface area contributed by atoms with Crippen LogP contribution in [0.15, 0.2) is 29.2 Å². The highest BCUT2D eigenvalue weighted by Crippen LogP contribution is 2.35. The van der Waals surface area contributed by atoms with Crippen molar-refractivity contribution in [3.63, 3.8) is 0 Å². The predicted molar refractivity (Wildman–Crippen MR) is 105 cm³/mol. The SMILES string of the molecule is CC(C)N1C(=O)c2c(O)c(=O)c(C(=O)NCc3ccc(F)cc3F)cn2[C@@H]2COCC21. The van der Waals surface area contributed by atoms with Gasteiger partial charge in [-0.1, -0.05) is 6.07 Å². The topological polar surface area (TPSA) is 101 Å². The van der Waals surface area contributed by atoms with Crippen LogP contribution in [0.5, 0.6) is 5.75 Å². The zero-order chi connectivity index (χ0) is 22.4. The van der Waals surface area contributed by atoms with E-state index in [0.717, 1.165) is 6.07 Å². The minimum atomic E-state index is -1.00. The predicted octanol–water partition coefficient (Wildman–Crippen LogP) is 1.57. The van der Waals surface area contributed by atoms with E-state index in [2.05, 4.69) is 5.32 Å². The molecule has 1 saturated heterocycles. The van der Waals surface area contributed by atoms with Crippen molar-refractivity contribution in [1.82, 2.24) is 14.8 Å². The number of amides is 2. The fraction of sp³-hybridized carbons (Fsp3) is 0.381. The first kappa shape index (κ1) is 21.0. The molecule has 3 heterocycles. The summed E-state index contributed by atoms with van der Waals surface area (Å²) in [6.45, 7) is 3.91. The molecule has 0 spiro atoms. The van der Waals surface area contributed by atoms with Gasteiger partial charge in [-0.05, 0) is 19.9 Å². The molecule has 2 amide bonds. The lowest BCUT2D eigenvalue weighted by Crippen LogP contribution is -2.54. The molecule has 10 heteroatoms. The number of aromatic nitrogens is 1. The van der Waals surface area contributed by atoms with Crippen molar-refractivity contribution in [2.75, 3.05) is 13.2 Å². The van der Waals surface area contributed by atoms with E-state index in [1.54, 1.807) is 4.90 Å². The molecule has 1 aromatic heterocycles. The lowest BCUT2D eigenvalue weighted by atomic mass is 10.0. The Morgan fingerprint density at radius 1 is 1.26 bits per heavy atom. The molecule has 8 nitrogen and oxygen atoms in total. The summed E-state index contributed by atoms with van der Waals surface area (Å²) in [5.41, 5.74) is -1.55. The van der Waals surface area contributed by atoms with Gasteiger partial charge in [0, 0.05) is 30.4 Å². The molecule has 4 rings (SSSR count). The molecular weight excluding hydrogens is 412 g/mol. The maximum atomic E-state index is 13.8. The van der Waals surface area contributed by atoms with Gasteiger partial charge in [0.25, 0.3) is 11.8 Å². The van der Waals surface area contributed by atoms with Crippen LogP contribution in [0.3, 0.4) is 0 Å². The summed E-state index contributed by atoms with van der Waals surface area (Å²) in [5, 5.41) is 12.9. The average molecular weight is 433 g/mol. The summed E-state index contributed by atoms with van der Waals surface area (Å²) < 4.78 is 33.8. The molecule has 2 N–H and O–H groups in total. The number of hydrogen-bond donors (Lipinski definition) is 2. The van der Waals surface area contributed by atoms with Gasteiger partial charge in [-0.3, -0.25) is 14.4 Å². The minimum absolute atomic E-state index is 0.0315. The summed E-state index contributed by atoms with van der Waals surface area (Å²) in [5.74, 6) is -3.78. The fourth-order valence-electron chi connectivity index (χ4n) is 4.14. The minimum Gasteiger partial charge on any atom is -0.503 e. The molecule has 0 bridgehead atoms. The molecule has 2 aromatic rings. The van der Waals surface area contributed by atoms with Gasteiger partial charge in [0.05, 0.1) is 25.3 Å². The number of ether oxygens (including phenoxy) is 1. The lowest BCUT2D eigenvalue weighted by Gasteiger charge is -2.41. The zero-order valence-electron chi connectivity index (χ0n) is 16.9. The van der Waals surface area contributed by atoms with Gasteiger partial charge in [0.15, 0.2) is 11.4 Å². The van der Waals surface area contributed by atoms with Crippen LogP contribution in [0.1, 0.15) is 46.3 Å². The maximum Gasteiger partial charge on any atom is 0.275 e. The molecule has 0 aliphatic carbocycles. The van der Waals surface area contributed by atoms with Crippen molar-refractivity contribution in [2.45, 2.75) is 38.5 Å². The number of aromatic hydroxyl groups is 1. The van der Waals surface area contributed by atoms with Gasteiger partial charge in [-0.15, -0.1) is 0 Å². The summed E-state index contributed by atoms with van der Waals surface area (Å²) >= 11 is 0. The third kappa shape index (κ3) is 3.46. The number of rotatable bonds is 4. The van der Waals surface area contributed by atoms with Gasteiger partial charge in [-0.25, -0.2) is 8.78 Å². The van der Waals surface area contributed by atoms with Gasteiger partial charge in [0.1, 0.15) is 17.2 Å². The molecule has 1 aromatic carbocycles. The standard InChI is InChI=1S/C21H21F2N3O5/c1-10(2)26-16-9-31-8-15(16)25-7-13(18(27)19(28)17(25)21(26)30)20(29)24-6-11-3-4-12(22)5-14(11)23/h3-5,7,10,15-16,28H,6,8-9H2,1-2H3,(H,24,29)/t15-,16?/m1/s1. The van der Waals surface area contributed by atoms with Gasteiger partial charge < -0.3 is 24.6 Å². The van der Waals surface area contributed by atoms with Crippen molar-refractivity contribution < 1.29 is 28.2 Å². The molecule has 1 fully saturated rings. The third-order valence-electron chi connectivity index (χ3n) is 5.64. The van der Waals surface area contributed by atoms with E-state index in [9.17, 15) is 28.3 Å². The van der Waals surface area contributed by atoms with E-state index in [-0.39, 0.29) is 48.1 Å². The summed E-state index contributed by atoms with van der Waals surface area (Å²) in [4.78, 5) is 39.9. The van der Waals surface area contributed by atoms with E-state index in [1.807, 2.05) is 13.8 Å². The Kier molecular flexibility index (Phi) is 5.26. The Labute approximate surface area is 176 Å². The van der Waals surface area contributed by atoms with Crippen molar-refractivity contribution in [2.24, 2.45) is 0 Å². The van der Waals surface area contributed by atoms with Crippen molar-refractivity contribution >= 4 is 11.8 Å². The Morgan fingerprint density at radius 3 is 2.65 bits per heavy atom. The monoisotopic (exact) mass is 433 g/mol. The Hall–Kier alpha value is -3.27. The molecule has 2 aliphatic rings. The number of carbonyl (C=O) groups excluding carboxylic acids is 2. The van der Waals surface area contributed by atoms with Gasteiger partial charge in [0.2, 0.25) is 5.43 Å². The highest BCUT2D eigenvalue weighted by Gasteiger charge is 2.46. The smallest absolute Gasteiger partial charge is 0.275 e. The molecule has 0 radical (unpaired) electrons. The number of carbonyl (C=O) groups is 2. The number of hydrogen-bond acceptors (Lipinski definition) is 5. The van der Waals surface area contributed by atoms with Crippen LogP contribution in [0, 0.1) is 11.6 Å². The first-order valence-electron chi connectivity index (χ1n) is 9.81. The van der Waals surface area contributed by atoms with Crippen LogP contribution in [0.25, 0.3) is 0 Å². The van der Waals surface area contributed by atoms with Crippen LogP contribution in [-0.4, -0.2) is 51.7 Å². The fourth-order valence-corrected chi connectivity index (χ4v) is 4.14. The molecular formula is C21H21F2N3O5. The number of pyridine rings is 1. The molecule has 1 unspecified atom stereocenters. The second-order valence-electron chi connectivity index (χ2n) is 7.87.